The van der Waals surface area contributed by atoms with Gasteiger partial charge in [0.25, 0.3) is 11.4 Å². The Labute approximate surface area is 135 Å². The summed E-state index contributed by atoms with van der Waals surface area (Å²) in [5, 5.41) is 24.6. The molecule has 0 spiro atoms. The maximum atomic E-state index is 11.9. The maximum absolute atomic E-state index is 11.9. The molecule has 1 atom stereocenters. The summed E-state index contributed by atoms with van der Waals surface area (Å²) in [7, 11) is 1.19. The lowest BCUT2D eigenvalue weighted by atomic mass is 10.1. The number of nitro benzene ring substituents is 2. The number of ether oxygens (including phenoxy) is 1. The number of nitrogens with zero attached hydrogens (tertiary/aromatic N) is 3. The second-order valence-electron chi connectivity index (χ2n) is 4.72. The van der Waals surface area contributed by atoms with E-state index in [1.807, 2.05) is 0 Å². The molecule has 0 fully saturated rings. The number of carbonyl (C=O) groups excluding carboxylic acids is 1. The van der Waals surface area contributed by atoms with Crippen LogP contribution in [0.5, 0.6) is 0 Å². The van der Waals surface area contributed by atoms with Crippen LogP contribution in [0.15, 0.2) is 30.7 Å². The van der Waals surface area contributed by atoms with Crippen molar-refractivity contribution in [2.75, 3.05) is 12.4 Å². The van der Waals surface area contributed by atoms with Crippen molar-refractivity contribution in [1.82, 2.24) is 9.97 Å². The van der Waals surface area contributed by atoms with Crippen LogP contribution in [0.25, 0.3) is 0 Å². The number of methoxy groups -OCH3 is 1. The second kappa shape index (κ2) is 7.17. The molecule has 126 valence electrons. The smallest absolute Gasteiger partial charge is 0.328 e. The molecular weight excluding hydrogens is 322 g/mol. The number of non-ortho nitro benzene ring substituents is 1. The fourth-order valence-electron chi connectivity index (χ4n) is 2.05. The Hall–Kier alpha value is -3.50. The highest BCUT2D eigenvalue weighted by atomic mass is 16.6. The SMILES string of the molecule is COC(=O)[C@H](Cc1cnc[nH]1)Nc1ccc([N+](=O)[O-])cc1[N+](=O)[O-]. The molecule has 2 N–H and O–H groups in total. The van der Waals surface area contributed by atoms with Gasteiger partial charge in [-0.25, -0.2) is 9.78 Å². The lowest BCUT2D eigenvalue weighted by molar-refractivity contribution is -0.393. The van der Waals surface area contributed by atoms with E-state index in [0.717, 1.165) is 12.1 Å². The van der Waals surface area contributed by atoms with Crippen molar-refractivity contribution in [2.45, 2.75) is 12.5 Å². The van der Waals surface area contributed by atoms with Crippen LogP contribution in [0.2, 0.25) is 0 Å². The molecule has 2 rings (SSSR count). The maximum Gasteiger partial charge on any atom is 0.328 e. The first kappa shape index (κ1) is 16.9. The molecule has 1 heterocycles. The minimum Gasteiger partial charge on any atom is -0.467 e. The fourth-order valence-corrected chi connectivity index (χ4v) is 2.05. The number of imidazole rings is 1. The monoisotopic (exact) mass is 335 g/mol. The Morgan fingerprint density at radius 3 is 2.67 bits per heavy atom. The Bertz CT molecular complexity index is 760. The van der Waals surface area contributed by atoms with E-state index >= 15 is 0 Å². The molecule has 0 saturated heterocycles. The summed E-state index contributed by atoms with van der Waals surface area (Å²) in [5.74, 6) is -0.641. The Morgan fingerprint density at radius 2 is 2.12 bits per heavy atom. The second-order valence-corrected chi connectivity index (χ2v) is 4.72. The van der Waals surface area contributed by atoms with E-state index < -0.39 is 33.2 Å². The van der Waals surface area contributed by atoms with Gasteiger partial charge in [0, 0.05) is 24.4 Å². The number of aromatic amines is 1. The topological polar surface area (TPSA) is 153 Å². The van der Waals surface area contributed by atoms with Crippen molar-refractivity contribution in [3.05, 3.63) is 56.6 Å². The van der Waals surface area contributed by atoms with Crippen molar-refractivity contribution in [3.8, 4) is 0 Å². The fraction of sp³-hybridized carbons (Fsp3) is 0.231. The summed E-state index contributed by atoms with van der Waals surface area (Å²) in [4.78, 5) is 38.9. The lowest BCUT2D eigenvalue weighted by Crippen LogP contribution is -2.33. The van der Waals surface area contributed by atoms with Crippen LogP contribution in [0.3, 0.4) is 0 Å². The van der Waals surface area contributed by atoms with Crippen molar-refractivity contribution in [2.24, 2.45) is 0 Å². The minimum atomic E-state index is -0.935. The molecule has 0 aliphatic rings. The normalized spacial score (nSPS) is 11.5. The molecule has 0 aliphatic heterocycles. The van der Waals surface area contributed by atoms with E-state index in [9.17, 15) is 25.0 Å². The van der Waals surface area contributed by atoms with E-state index in [1.165, 1.54) is 25.7 Å². The zero-order valence-corrected chi connectivity index (χ0v) is 12.5. The van der Waals surface area contributed by atoms with E-state index in [0.29, 0.717) is 5.69 Å². The van der Waals surface area contributed by atoms with E-state index in [1.54, 1.807) is 0 Å². The van der Waals surface area contributed by atoms with E-state index in [4.69, 9.17) is 0 Å². The Morgan fingerprint density at radius 1 is 1.38 bits per heavy atom. The number of carbonyl (C=O) groups is 1. The van der Waals surface area contributed by atoms with Gasteiger partial charge in [-0.3, -0.25) is 20.2 Å². The first-order chi connectivity index (χ1) is 11.4. The number of esters is 1. The summed E-state index contributed by atoms with van der Waals surface area (Å²) >= 11 is 0. The summed E-state index contributed by atoms with van der Waals surface area (Å²) in [6, 6.07) is 2.18. The molecule has 0 amide bonds. The standard InChI is InChI=1S/C13H13N5O6/c1-24-13(19)11(4-8-6-14-7-15-8)16-10-3-2-9(17(20)21)5-12(10)18(22)23/h2-3,5-7,11,16H,4H2,1H3,(H,14,15)/t11-/m0/s1. The average Bonchev–Trinajstić information content (AvgIpc) is 3.06. The minimum absolute atomic E-state index is 0.0273. The highest BCUT2D eigenvalue weighted by Gasteiger charge is 2.26. The quantitative estimate of drug-likeness (QED) is 0.437. The van der Waals surface area contributed by atoms with Crippen molar-refractivity contribution < 1.29 is 19.4 Å². The molecule has 0 unspecified atom stereocenters. The highest BCUT2D eigenvalue weighted by Crippen LogP contribution is 2.29. The highest BCUT2D eigenvalue weighted by molar-refractivity contribution is 5.81. The number of rotatable bonds is 7. The largest absolute Gasteiger partial charge is 0.467 e. The number of benzene rings is 1. The number of hydrogen-bond donors (Lipinski definition) is 2. The van der Waals surface area contributed by atoms with Crippen LogP contribution in [-0.4, -0.2) is 38.9 Å². The molecule has 0 radical (unpaired) electrons. The number of H-pyrrole nitrogens is 1. The van der Waals surface area contributed by atoms with Gasteiger partial charge in [0.2, 0.25) is 0 Å². The van der Waals surface area contributed by atoms with Crippen LogP contribution in [0.4, 0.5) is 17.1 Å². The van der Waals surface area contributed by atoms with Crippen molar-refractivity contribution in [3.63, 3.8) is 0 Å². The third kappa shape index (κ3) is 3.82. The number of aromatic nitrogens is 2. The molecule has 0 bridgehead atoms. The van der Waals surface area contributed by atoms with E-state index in [2.05, 4.69) is 20.0 Å². The first-order valence-electron chi connectivity index (χ1n) is 6.66. The first-order valence-corrected chi connectivity index (χ1v) is 6.66. The lowest BCUT2D eigenvalue weighted by Gasteiger charge is -2.16. The van der Waals surface area contributed by atoms with Gasteiger partial charge >= 0.3 is 5.97 Å². The summed E-state index contributed by atoms with van der Waals surface area (Å²) in [6.07, 6.45) is 3.07. The molecule has 0 saturated carbocycles. The van der Waals surface area contributed by atoms with Crippen molar-refractivity contribution >= 4 is 23.0 Å². The molecule has 1 aromatic heterocycles. The van der Waals surface area contributed by atoms with Gasteiger partial charge in [-0.05, 0) is 6.07 Å². The number of nitrogens with one attached hydrogen (secondary N) is 2. The van der Waals surface area contributed by atoms with Gasteiger partial charge in [-0.15, -0.1) is 0 Å². The number of nitro groups is 2. The van der Waals surface area contributed by atoms with Crippen LogP contribution in [0, 0.1) is 20.2 Å². The molecule has 2 aromatic rings. The Kier molecular flexibility index (Phi) is 5.04. The van der Waals surface area contributed by atoms with Crippen molar-refractivity contribution in [1.29, 1.82) is 0 Å². The van der Waals surface area contributed by atoms with Gasteiger partial charge in [0.05, 0.1) is 29.4 Å². The van der Waals surface area contributed by atoms with E-state index in [-0.39, 0.29) is 12.1 Å². The van der Waals surface area contributed by atoms with Gasteiger partial charge in [-0.1, -0.05) is 0 Å². The predicted octanol–water partition coefficient (Wildman–Crippen LogP) is 1.42. The number of anilines is 1. The zero-order valence-electron chi connectivity index (χ0n) is 12.5. The summed E-state index contributed by atoms with van der Waals surface area (Å²) in [5.41, 5.74) is -0.346. The third-order valence-electron chi connectivity index (χ3n) is 3.18. The molecule has 24 heavy (non-hydrogen) atoms. The Balaban J connectivity index is 2.32. The molecule has 1 aromatic carbocycles. The van der Waals surface area contributed by atoms with Crippen LogP contribution >= 0.6 is 0 Å². The van der Waals surface area contributed by atoms with Gasteiger partial charge < -0.3 is 15.0 Å². The summed E-state index contributed by atoms with van der Waals surface area (Å²) in [6.45, 7) is 0. The van der Waals surface area contributed by atoms with Crippen LogP contribution < -0.4 is 5.32 Å². The molecule has 11 heteroatoms. The number of hydrogen-bond acceptors (Lipinski definition) is 8. The third-order valence-corrected chi connectivity index (χ3v) is 3.18. The molecular formula is C13H13N5O6. The van der Waals surface area contributed by atoms with Gasteiger partial charge in [-0.2, -0.15) is 0 Å². The summed E-state index contributed by atoms with van der Waals surface area (Å²) < 4.78 is 4.68. The predicted molar refractivity (Wildman–Crippen MR) is 81.5 cm³/mol. The average molecular weight is 335 g/mol. The van der Waals surface area contributed by atoms with Crippen LogP contribution in [-0.2, 0) is 16.0 Å². The van der Waals surface area contributed by atoms with Crippen LogP contribution in [0.1, 0.15) is 5.69 Å². The van der Waals surface area contributed by atoms with Gasteiger partial charge in [0.1, 0.15) is 11.7 Å². The zero-order chi connectivity index (χ0) is 17.7. The molecule has 11 nitrogen and oxygen atoms in total. The van der Waals surface area contributed by atoms with Gasteiger partial charge in [0.15, 0.2) is 0 Å². The molecule has 0 aliphatic carbocycles.